The maximum atomic E-state index is 11.9. The van der Waals surface area contributed by atoms with Crippen molar-refractivity contribution in [1.29, 1.82) is 0 Å². The molecule has 0 aliphatic rings. The Kier molecular flexibility index (Phi) is 3.16. The molecule has 0 bridgehead atoms. The maximum Gasteiger partial charge on any atom is 0.328 e. The van der Waals surface area contributed by atoms with Crippen molar-refractivity contribution in [3.63, 3.8) is 0 Å². The predicted octanol–water partition coefficient (Wildman–Crippen LogP) is 2.12. The highest BCUT2D eigenvalue weighted by molar-refractivity contribution is 9.10. The van der Waals surface area contributed by atoms with Crippen LogP contribution in [0, 0.1) is 0 Å². The second-order valence-electron chi connectivity index (χ2n) is 4.18. The Bertz CT molecular complexity index is 763. The van der Waals surface area contributed by atoms with Crippen molar-refractivity contribution < 1.29 is 0 Å². The van der Waals surface area contributed by atoms with Crippen LogP contribution >= 0.6 is 15.9 Å². The molecule has 1 N–H and O–H groups in total. The second kappa shape index (κ2) is 4.97. The number of H-pyrrole nitrogens is 1. The molecule has 1 aromatic carbocycles. The van der Waals surface area contributed by atoms with Crippen LogP contribution in [0.5, 0.6) is 0 Å². The molecule has 96 valence electrons. The van der Waals surface area contributed by atoms with Crippen LogP contribution in [0.25, 0.3) is 11.3 Å². The summed E-state index contributed by atoms with van der Waals surface area (Å²) in [5.74, 6) is 0. The first-order chi connectivity index (χ1) is 9.24. The zero-order valence-corrected chi connectivity index (χ0v) is 11.6. The number of hydrogen-bond donors (Lipinski definition) is 1. The van der Waals surface area contributed by atoms with E-state index in [4.69, 9.17) is 0 Å². The van der Waals surface area contributed by atoms with Gasteiger partial charge in [-0.05, 0) is 27.9 Å². The third-order valence-electron chi connectivity index (χ3n) is 2.92. The largest absolute Gasteiger partial charge is 0.328 e. The zero-order chi connectivity index (χ0) is 13.2. The molecule has 0 saturated heterocycles. The fraction of sp³-hybridized carbons (Fsp3) is 0.154. The molecule has 2 aromatic heterocycles. The van der Waals surface area contributed by atoms with Crippen LogP contribution in [0.4, 0.5) is 0 Å². The molecule has 0 aliphatic carbocycles. The minimum Gasteiger partial charge on any atom is -0.289 e. The van der Waals surface area contributed by atoms with Crippen LogP contribution in [0.3, 0.4) is 0 Å². The molecule has 3 aromatic rings. The first-order valence-corrected chi connectivity index (χ1v) is 6.68. The number of benzene rings is 1. The molecule has 3 rings (SSSR count). The minimum atomic E-state index is -0.177. The lowest BCUT2D eigenvalue weighted by Gasteiger charge is -2.03. The summed E-state index contributed by atoms with van der Waals surface area (Å²) >= 11 is 3.27. The Morgan fingerprint density at radius 1 is 1.26 bits per heavy atom. The van der Waals surface area contributed by atoms with E-state index in [9.17, 15) is 4.79 Å². The number of imidazole rings is 1. The number of fused-ring (bicyclic) bond motifs is 1. The lowest BCUT2D eigenvalue weighted by Crippen LogP contribution is -2.18. The van der Waals surface area contributed by atoms with E-state index in [1.54, 1.807) is 10.8 Å². The van der Waals surface area contributed by atoms with E-state index in [1.165, 1.54) is 5.56 Å². The summed E-state index contributed by atoms with van der Waals surface area (Å²) in [6, 6.07) is 10.0. The molecular formula is C13H11BrN4O. The van der Waals surface area contributed by atoms with Gasteiger partial charge in [-0.3, -0.25) is 9.55 Å². The second-order valence-corrected chi connectivity index (χ2v) is 4.99. The topological polar surface area (TPSA) is 63.6 Å². The number of nitrogens with zero attached hydrogens (tertiary/aromatic N) is 3. The first-order valence-electron chi connectivity index (χ1n) is 5.89. The summed E-state index contributed by atoms with van der Waals surface area (Å²) in [5.41, 5.74) is 2.10. The third kappa shape index (κ3) is 2.44. The Balaban J connectivity index is 1.94. The summed E-state index contributed by atoms with van der Waals surface area (Å²) in [6.07, 6.45) is 2.35. The van der Waals surface area contributed by atoms with Gasteiger partial charge >= 0.3 is 5.69 Å². The van der Waals surface area contributed by atoms with Crippen LogP contribution in [-0.2, 0) is 13.0 Å². The average molecular weight is 319 g/mol. The molecule has 5 nitrogen and oxygen atoms in total. The van der Waals surface area contributed by atoms with Crippen molar-refractivity contribution in [1.82, 2.24) is 19.5 Å². The van der Waals surface area contributed by atoms with Crippen molar-refractivity contribution in [3.8, 4) is 0 Å². The SMILES string of the molecule is O=c1[nH]c2ncc(Br)nc2n1CCc1ccccc1. The normalized spacial score (nSPS) is 11.0. The molecule has 0 saturated carbocycles. The molecule has 0 spiro atoms. The van der Waals surface area contributed by atoms with Crippen LogP contribution < -0.4 is 5.69 Å². The van der Waals surface area contributed by atoms with Gasteiger partial charge in [-0.25, -0.2) is 14.8 Å². The van der Waals surface area contributed by atoms with Crippen molar-refractivity contribution >= 4 is 27.2 Å². The van der Waals surface area contributed by atoms with Crippen molar-refractivity contribution in [2.24, 2.45) is 0 Å². The van der Waals surface area contributed by atoms with Gasteiger partial charge in [0.05, 0.1) is 6.20 Å². The van der Waals surface area contributed by atoms with Gasteiger partial charge in [-0.15, -0.1) is 0 Å². The van der Waals surface area contributed by atoms with Gasteiger partial charge < -0.3 is 0 Å². The Labute approximate surface area is 117 Å². The predicted molar refractivity (Wildman–Crippen MR) is 76.0 cm³/mol. The highest BCUT2D eigenvalue weighted by Gasteiger charge is 2.09. The molecule has 0 fully saturated rings. The Hall–Kier alpha value is -1.95. The smallest absolute Gasteiger partial charge is 0.289 e. The van der Waals surface area contributed by atoms with Gasteiger partial charge in [0.15, 0.2) is 11.3 Å². The highest BCUT2D eigenvalue weighted by Crippen LogP contribution is 2.10. The van der Waals surface area contributed by atoms with E-state index in [0.29, 0.717) is 22.4 Å². The van der Waals surface area contributed by atoms with Crippen LogP contribution in [0.1, 0.15) is 5.56 Å². The van der Waals surface area contributed by atoms with Gasteiger partial charge in [0.2, 0.25) is 0 Å². The van der Waals surface area contributed by atoms with Crippen molar-refractivity contribution in [3.05, 3.63) is 57.2 Å². The monoisotopic (exact) mass is 318 g/mol. The molecule has 0 aliphatic heterocycles. The fourth-order valence-electron chi connectivity index (χ4n) is 1.99. The Morgan fingerprint density at radius 3 is 2.84 bits per heavy atom. The standard InChI is InChI=1S/C13H11BrN4O/c14-10-8-15-11-12(16-10)18(13(19)17-11)7-6-9-4-2-1-3-5-9/h1-5,8H,6-7H2,(H,15,17,19). The van der Waals surface area contributed by atoms with Crippen molar-refractivity contribution in [2.75, 3.05) is 0 Å². The molecule has 0 unspecified atom stereocenters. The summed E-state index contributed by atoms with van der Waals surface area (Å²) in [5, 5.41) is 0. The molecule has 0 radical (unpaired) electrons. The van der Waals surface area contributed by atoms with Crippen LogP contribution in [0.2, 0.25) is 0 Å². The number of hydrogen-bond acceptors (Lipinski definition) is 3. The number of rotatable bonds is 3. The zero-order valence-electron chi connectivity index (χ0n) is 10.0. The lowest BCUT2D eigenvalue weighted by molar-refractivity contribution is 0.685. The molecule has 19 heavy (non-hydrogen) atoms. The fourth-order valence-corrected chi connectivity index (χ4v) is 2.26. The van der Waals surface area contributed by atoms with E-state index >= 15 is 0 Å². The third-order valence-corrected chi connectivity index (χ3v) is 3.30. The molecule has 2 heterocycles. The lowest BCUT2D eigenvalue weighted by atomic mass is 10.1. The van der Waals surface area contributed by atoms with Crippen molar-refractivity contribution in [2.45, 2.75) is 13.0 Å². The van der Waals surface area contributed by atoms with E-state index in [-0.39, 0.29) is 5.69 Å². The molecule has 6 heteroatoms. The van der Waals surface area contributed by atoms with Gasteiger partial charge in [0, 0.05) is 6.54 Å². The number of aryl methyl sites for hydroxylation is 2. The average Bonchev–Trinajstić information content (AvgIpc) is 2.73. The summed E-state index contributed by atoms with van der Waals surface area (Å²) in [7, 11) is 0. The van der Waals surface area contributed by atoms with Crippen LogP contribution in [0.15, 0.2) is 45.9 Å². The molecule has 0 atom stereocenters. The number of aromatic nitrogens is 4. The number of halogens is 1. The summed E-state index contributed by atoms with van der Waals surface area (Å²) in [6.45, 7) is 0.577. The van der Waals surface area contributed by atoms with E-state index < -0.39 is 0 Å². The van der Waals surface area contributed by atoms with E-state index in [1.807, 2.05) is 30.3 Å². The Morgan fingerprint density at radius 2 is 2.05 bits per heavy atom. The minimum absolute atomic E-state index is 0.177. The summed E-state index contributed by atoms with van der Waals surface area (Å²) < 4.78 is 2.23. The number of nitrogens with one attached hydrogen (secondary N) is 1. The van der Waals surface area contributed by atoms with E-state index in [0.717, 1.165) is 6.42 Å². The van der Waals surface area contributed by atoms with Gasteiger partial charge in [0.1, 0.15) is 4.60 Å². The highest BCUT2D eigenvalue weighted by atomic mass is 79.9. The first kappa shape index (κ1) is 12.1. The van der Waals surface area contributed by atoms with Gasteiger partial charge in [-0.1, -0.05) is 30.3 Å². The number of aromatic amines is 1. The summed E-state index contributed by atoms with van der Waals surface area (Å²) in [4.78, 5) is 23.0. The quantitative estimate of drug-likeness (QED) is 0.804. The maximum absolute atomic E-state index is 11.9. The van der Waals surface area contributed by atoms with Gasteiger partial charge in [-0.2, -0.15) is 0 Å². The molecule has 0 amide bonds. The molecular weight excluding hydrogens is 308 g/mol. The van der Waals surface area contributed by atoms with E-state index in [2.05, 4.69) is 30.9 Å². The van der Waals surface area contributed by atoms with Crippen LogP contribution in [-0.4, -0.2) is 19.5 Å². The van der Waals surface area contributed by atoms with Gasteiger partial charge in [0.25, 0.3) is 0 Å².